The molecular weight excluding hydrogens is 284 g/mol. The number of aryl methyl sites for hydroxylation is 1. The number of nitrogens with zero attached hydrogens (tertiary/aromatic N) is 2. The molecule has 0 N–H and O–H groups in total. The van der Waals surface area contributed by atoms with Crippen LogP contribution in [0.3, 0.4) is 0 Å². The molecular formula is C20H24N2O. The number of benzene rings is 2. The van der Waals surface area contributed by atoms with Crippen LogP contribution in [-0.4, -0.2) is 9.55 Å². The van der Waals surface area contributed by atoms with Crippen LogP contribution in [0.4, 0.5) is 0 Å². The standard InChI is InChI=1S/C20H24N2O/c1-5-15(3)22-18-11-7-6-10-17(18)21-20(22)13-23-19-12-8-9-14(2)16(19)4/h6-12,15H,5,13H2,1-4H3. The molecule has 0 radical (unpaired) electrons. The van der Waals surface area contributed by atoms with Crippen LogP contribution >= 0.6 is 0 Å². The van der Waals surface area contributed by atoms with Gasteiger partial charge in [-0.15, -0.1) is 0 Å². The molecule has 0 bridgehead atoms. The number of hydrogen-bond acceptors (Lipinski definition) is 2. The van der Waals surface area contributed by atoms with E-state index in [4.69, 9.17) is 9.72 Å². The Morgan fingerprint density at radius 2 is 1.87 bits per heavy atom. The number of aromatic nitrogens is 2. The smallest absolute Gasteiger partial charge is 0.148 e. The van der Waals surface area contributed by atoms with E-state index >= 15 is 0 Å². The van der Waals surface area contributed by atoms with Gasteiger partial charge in [0, 0.05) is 6.04 Å². The van der Waals surface area contributed by atoms with Crippen LogP contribution in [0, 0.1) is 13.8 Å². The second kappa shape index (κ2) is 6.45. The van der Waals surface area contributed by atoms with Crippen molar-refractivity contribution in [1.82, 2.24) is 9.55 Å². The lowest BCUT2D eigenvalue weighted by molar-refractivity contribution is 0.283. The first kappa shape index (κ1) is 15.6. The monoisotopic (exact) mass is 308 g/mol. The summed E-state index contributed by atoms with van der Waals surface area (Å²) in [5.41, 5.74) is 4.66. The van der Waals surface area contributed by atoms with E-state index in [2.05, 4.69) is 56.5 Å². The van der Waals surface area contributed by atoms with E-state index in [9.17, 15) is 0 Å². The Morgan fingerprint density at radius 3 is 2.65 bits per heavy atom. The maximum absolute atomic E-state index is 6.09. The number of para-hydroxylation sites is 2. The average Bonchev–Trinajstić information content (AvgIpc) is 2.94. The van der Waals surface area contributed by atoms with E-state index in [1.54, 1.807) is 0 Å². The molecule has 0 amide bonds. The summed E-state index contributed by atoms with van der Waals surface area (Å²) in [6, 6.07) is 14.9. The fraction of sp³-hybridized carbons (Fsp3) is 0.350. The molecule has 3 heteroatoms. The van der Waals surface area contributed by atoms with Gasteiger partial charge in [0.25, 0.3) is 0 Å². The van der Waals surface area contributed by atoms with E-state index in [0.29, 0.717) is 12.6 Å². The molecule has 0 aliphatic carbocycles. The van der Waals surface area contributed by atoms with Crippen LogP contribution in [0.15, 0.2) is 42.5 Å². The topological polar surface area (TPSA) is 27.1 Å². The number of ether oxygens (including phenoxy) is 1. The molecule has 23 heavy (non-hydrogen) atoms. The average molecular weight is 308 g/mol. The lowest BCUT2D eigenvalue weighted by atomic mass is 10.1. The Morgan fingerprint density at radius 1 is 1.09 bits per heavy atom. The van der Waals surface area contributed by atoms with Gasteiger partial charge >= 0.3 is 0 Å². The summed E-state index contributed by atoms with van der Waals surface area (Å²) >= 11 is 0. The first-order valence-corrected chi connectivity index (χ1v) is 8.26. The predicted molar refractivity (Wildman–Crippen MR) is 95.0 cm³/mol. The minimum Gasteiger partial charge on any atom is -0.485 e. The Balaban J connectivity index is 1.95. The zero-order valence-corrected chi connectivity index (χ0v) is 14.3. The summed E-state index contributed by atoms with van der Waals surface area (Å²) in [6.45, 7) is 9.13. The third-order valence-corrected chi connectivity index (χ3v) is 4.61. The fourth-order valence-electron chi connectivity index (χ4n) is 2.89. The predicted octanol–water partition coefficient (Wildman–Crippen LogP) is 5.20. The van der Waals surface area contributed by atoms with Gasteiger partial charge in [-0.2, -0.15) is 0 Å². The number of imidazole rings is 1. The van der Waals surface area contributed by atoms with E-state index in [0.717, 1.165) is 23.5 Å². The van der Waals surface area contributed by atoms with Gasteiger partial charge < -0.3 is 9.30 Å². The summed E-state index contributed by atoms with van der Waals surface area (Å²) in [7, 11) is 0. The quantitative estimate of drug-likeness (QED) is 0.647. The van der Waals surface area contributed by atoms with Gasteiger partial charge in [0.1, 0.15) is 18.2 Å². The van der Waals surface area contributed by atoms with Gasteiger partial charge in [-0.1, -0.05) is 31.2 Å². The van der Waals surface area contributed by atoms with Gasteiger partial charge in [-0.25, -0.2) is 4.98 Å². The van der Waals surface area contributed by atoms with Crippen LogP contribution in [0.2, 0.25) is 0 Å². The molecule has 3 aromatic rings. The minimum absolute atomic E-state index is 0.402. The normalized spacial score (nSPS) is 12.5. The molecule has 0 aliphatic rings. The zero-order chi connectivity index (χ0) is 16.4. The molecule has 3 rings (SSSR count). The van der Waals surface area contributed by atoms with Crippen LogP contribution in [0.1, 0.15) is 43.3 Å². The summed E-state index contributed by atoms with van der Waals surface area (Å²) in [5.74, 6) is 1.93. The van der Waals surface area contributed by atoms with Crippen molar-refractivity contribution in [3.8, 4) is 5.75 Å². The fourth-order valence-corrected chi connectivity index (χ4v) is 2.89. The maximum atomic E-state index is 6.09. The number of hydrogen-bond donors (Lipinski definition) is 0. The molecule has 0 fully saturated rings. The Bertz CT molecular complexity index is 820. The maximum Gasteiger partial charge on any atom is 0.148 e. The van der Waals surface area contributed by atoms with Gasteiger partial charge in [-0.3, -0.25) is 0 Å². The lowest BCUT2D eigenvalue weighted by Crippen LogP contribution is -2.11. The molecule has 1 atom stereocenters. The van der Waals surface area contributed by atoms with E-state index < -0.39 is 0 Å². The van der Waals surface area contributed by atoms with Crippen molar-refractivity contribution in [3.63, 3.8) is 0 Å². The molecule has 120 valence electrons. The summed E-state index contributed by atoms with van der Waals surface area (Å²) < 4.78 is 8.39. The highest BCUT2D eigenvalue weighted by atomic mass is 16.5. The SMILES string of the molecule is CCC(C)n1c(COc2cccc(C)c2C)nc2ccccc21. The molecule has 0 saturated carbocycles. The van der Waals surface area contributed by atoms with Crippen molar-refractivity contribution in [2.45, 2.75) is 46.8 Å². The molecule has 1 heterocycles. The summed E-state index contributed by atoms with van der Waals surface area (Å²) in [4.78, 5) is 4.79. The van der Waals surface area contributed by atoms with Gasteiger partial charge in [0.15, 0.2) is 0 Å². The first-order chi connectivity index (χ1) is 11.1. The van der Waals surface area contributed by atoms with Crippen molar-refractivity contribution in [3.05, 3.63) is 59.4 Å². The third kappa shape index (κ3) is 2.96. The Hall–Kier alpha value is -2.29. The molecule has 1 unspecified atom stereocenters. The van der Waals surface area contributed by atoms with Crippen molar-refractivity contribution in [2.75, 3.05) is 0 Å². The second-order valence-corrected chi connectivity index (χ2v) is 6.13. The number of fused-ring (bicyclic) bond motifs is 1. The van der Waals surface area contributed by atoms with E-state index in [1.807, 2.05) is 18.2 Å². The molecule has 0 aliphatic heterocycles. The van der Waals surface area contributed by atoms with E-state index in [1.165, 1.54) is 16.6 Å². The van der Waals surface area contributed by atoms with Gasteiger partial charge in [0.05, 0.1) is 11.0 Å². The highest BCUT2D eigenvalue weighted by Crippen LogP contribution is 2.25. The lowest BCUT2D eigenvalue weighted by Gasteiger charge is -2.17. The molecule has 2 aromatic carbocycles. The molecule has 1 aromatic heterocycles. The molecule has 0 spiro atoms. The van der Waals surface area contributed by atoms with Crippen LogP contribution < -0.4 is 4.74 Å². The Kier molecular flexibility index (Phi) is 4.37. The molecule has 0 saturated heterocycles. The highest BCUT2D eigenvalue weighted by molar-refractivity contribution is 5.76. The second-order valence-electron chi connectivity index (χ2n) is 6.13. The number of rotatable bonds is 5. The van der Waals surface area contributed by atoms with Gasteiger partial charge in [-0.05, 0) is 56.5 Å². The highest BCUT2D eigenvalue weighted by Gasteiger charge is 2.15. The van der Waals surface area contributed by atoms with Crippen LogP contribution in [-0.2, 0) is 6.61 Å². The largest absolute Gasteiger partial charge is 0.485 e. The van der Waals surface area contributed by atoms with Crippen molar-refractivity contribution in [2.24, 2.45) is 0 Å². The van der Waals surface area contributed by atoms with Gasteiger partial charge in [0.2, 0.25) is 0 Å². The first-order valence-electron chi connectivity index (χ1n) is 8.26. The minimum atomic E-state index is 0.402. The van der Waals surface area contributed by atoms with Crippen LogP contribution in [0.5, 0.6) is 5.75 Å². The summed E-state index contributed by atoms with van der Waals surface area (Å²) in [5, 5.41) is 0. The van der Waals surface area contributed by atoms with Crippen molar-refractivity contribution >= 4 is 11.0 Å². The van der Waals surface area contributed by atoms with Crippen LogP contribution in [0.25, 0.3) is 11.0 Å². The third-order valence-electron chi connectivity index (χ3n) is 4.61. The van der Waals surface area contributed by atoms with Crippen molar-refractivity contribution in [1.29, 1.82) is 0 Å². The molecule has 3 nitrogen and oxygen atoms in total. The van der Waals surface area contributed by atoms with E-state index in [-0.39, 0.29) is 0 Å². The zero-order valence-electron chi connectivity index (χ0n) is 14.3. The Labute approximate surface area is 137 Å². The summed E-state index contributed by atoms with van der Waals surface area (Å²) in [6.07, 6.45) is 1.07. The van der Waals surface area contributed by atoms with Crippen molar-refractivity contribution < 1.29 is 4.74 Å².